The SMILES string of the molecule is CCNc1ccc(Cl)cc1C(=O)NCC(F)(F)F. The number of alkyl halides is 3. The van der Waals surface area contributed by atoms with Crippen LogP contribution in [0.3, 0.4) is 0 Å². The molecule has 0 aliphatic rings. The second kappa shape index (κ2) is 5.95. The number of carbonyl (C=O) groups excluding carboxylic acids is 1. The summed E-state index contributed by atoms with van der Waals surface area (Å²) < 4.78 is 36.0. The summed E-state index contributed by atoms with van der Waals surface area (Å²) in [7, 11) is 0. The highest BCUT2D eigenvalue weighted by Crippen LogP contribution is 2.21. The minimum Gasteiger partial charge on any atom is -0.385 e. The van der Waals surface area contributed by atoms with Crippen molar-refractivity contribution in [1.82, 2.24) is 5.32 Å². The molecule has 1 aromatic rings. The van der Waals surface area contributed by atoms with Gasteiger partial charge < -0.3 is 10.6 Å². The summed E-state index contributed by atoms with van der Waals surface area (Å²) in [6.07, 6.45) is -4.44. The predicted octanol–water partition coefficient (Wildman–Crippen LogP) is 3.06. The van der Waals surface area contributed by atoms with Crippen LogP contribution in [0.2, 0.25) is 5.02 Å². The lowest BCUT2D eigenvalue weighted by molar-refractivity contribution is -0.123. The zero-order chi connectivity index (χ0) is 13.8. The van der Waals surface area contributed by atoms with Gasteiger partial charge in [0.1, 0.15) is 6.54 Å². The maximum absolute atomic E-state index is 12.0. The van der Waals surface area contributed by atoms with Crippen molar-refractivity contribution in [3.63, 3.8) is 0 Å². The van der Waals surface area contributed by atoms with E-state index in [9.17, 15) is 18.0 Å². The van der Waals surface area contributed by atoms with Gasteiger partial charge >= 0.3 is 6.18 Å². The Kier molecular flexibility index (Phi) is 4.84. The average Bonchev–Trinajstić information content (AvgIpc) is 2.27. The lowest BCUT2D eigenvalue weighted by atomic mass is 10.1. The largest absolute Gasteiger partial charge is 0.405 e. The molecule has 0 aromatic heterocycles. The lowest BCUT2D eigenvalue weighted by Crippen LogP contribution is -2.34. The normalized spacial score (nSPS) is 11.2. The second-order valence-corrected chi connectivity index (χ2v) is 3.95. The van der Waals surface area contributed by atoms with Gasteiger partial charge in [0.2, 0.25) is 0 Å². The molecule has 0 radical (unpaired) electrons. The third-order valence-corrected chi connectivity index (χ3v) is 2.28. The standard InChI is InChI=1S/C11H12ClF3N2O/c1-2-16-9-4-3-7(12)5-8(9)10(18)17-6-11(13,14)15/h3-5,16H,2,6H2,1H3,(H,17,18). The number of hydrogen-bond donors (Lipinski definition) is 2. The van der Waals surface area contributed by atoms with Crippen LogP contribution in [0, 0.1) is 0 Å². The van der Waals surface area contributed by atoms with Crippen molar-refractivity contribution in [2.75, 3.05) is 18.4 Å². The molecule has 0 saturated heterocycles. The Bertz CT molecular complexity index is 435. The van der Waals surface area contributed by atoms with Crippen LogP contribution in [0.5, 0.6) is 0 Å². The highest BCUT2D eigenvalue weighted by molar-refractivity contribution is 6.31. The van der Waals surface area contributed by atoms with Gasteiger partial charge in [-0.05, 0) is 25.1 Å². The Morgan fingerprint density at radius 3 is 2.61 bits per heavy atom. The lowest BCUT2D eigenvalue weighted by Gasteiger charge is -2.12. The van der Waals surface area contributed by atoms with E-state index in [4.69, 9.17) is 11.6 Å². The molecule has 0 atom stereocenters. The van der Waals surface area contributed by atoms with Crippen LogP contribution in [0.25, 0.3) is 0 Å². The maximum atomic E-state index is 12.0. The van der Waals surface area contributed by atoms with Crippen LogP contribution < -0.4 is 10.6 Å². The summed E-state index contributed by atoms with van der Waals surface area (Å²) in [5, 5.41) is 4.97. The summed E-state index contributed by atoms with van der Waals surface area (Å²) in [5.41, 5.74) is 0.537. The zero-order valence-electron chi connectivity index (χ0n) is 9.57. The zero-order valence-corrected chi connectivity index (χ0v) is 10.3. The predicted molar refractivity (Wildman–Crippen MR) is 64.0 cm³/mol. The first-order valence-corrected chi connectivity index (χ1v) is 5.59. The van der Waals surface area contributed by atoms with E-state index in [-0.39, 0.29) is 10.6 Å². The van der Waals surface area contributed by atoms with Crippen LogP contribution in [0.15, 0.2) is 18.2 Å². The monoisotopic (exact) mass is 280 g/mol. The van der Waals surface area contributed by atoms with Gasteiger partial charge in [-0.15, -0.1) is 0 Å². The number of halogens is 4. The molecule has 0 aliphatic heterocycles. The van der Waals surface area contributed by atoms with Crippen LogP contribution in [0.1, 0.15) is 17.3 Å². The Morgan fingerprint density at radius 2 is 2.06 bits per heavy atom. The van der Waals surface area contributed by atoms with Gasteiger partial charge in [0, 0.05) is 17.3 Å². The van der Waals surface area contributed by atoms with Gasteiger partial charge in [-0.3, -0.25) is 4.79 Å². The Labute approximate surface area is 107 Å². The van der Waals surface area contributed by atoms with Crippen molar-refractivity contribution in [3.05, 3.63) is 28.8 Å². The molecule has 1 amide bonds. The number of rotatable bonds is 4. The van der Waals surface area contributed by atoms with E-state index in [1.54, 1.807) is 17.4 Å². The van der Waals surface area contributed by atoms with Crippen molar-refractivity contribution in [2.45, 2.75) is 13.1 Å². The van der Waals surface area contributed by atoms with Gasteiger partial charge in [0.05, 0.1) is 5.56 Å². The van der Waals surface area contributed by atoms with Gasteiger partial charge in [0.25, 0.3) is 5.91 Å². The molecular formula is C11H12ClF3N2O. The smallest absolute Gasteiger partial charge is 0.385 e. The molecule has 7 heteroatoms. The van der Waals surface area contributed by atoms with E-state index < -0.39 is 18.6 Å². The van der Waals surface area contributed by atoms with E-state index in [1.807, 2.05) is 6.92 Å². The van der Waals surface area contributed by atoms with Gasteiger partial charge in [-0.25, -0.2) is 0 Å². The number of carbonyl (C=O) groups is 1. The van der Waals surface area contributed by atoms with Gasteiger partial charge in [0.15, 0.2) is 0 Å². The Hall–Kier alpha value is -1.43. The van der Waals surface area contributed by atoms with Crippen molar-refractivity contribution in [2.24, 2.45) is 0 Å². The van der Waals surface area contributed by atoms with Crippen LogP contribution in [-0.2, 0) is 0 Å². The molecule has 1 rings (SSSR count). The summed E-state index contributed by atoms with van der Waals surface area (Å²) in [6.45, 7) is 0.983. The number of amides is 1. The molecule has 2 N–H and O–H groups in total. The summed E-state index contributed by atoms with van der Waals surface area (Å²) in [5.74, 6) is -0.814. The first kappa shape index (κ1) is 14.6. The number of hydrogen-bond acceptors (Lipinski definition) is 2. The van der Waals surface area contributed by atoms with Crippen molar-refractivity contribution < 1.29 is 18.0 Å². The molecule has 0 unspecified atom stereocenters. The fourth-order valence-electron chi connectivity index (χ4n) is 1.32. The third kappa shape index (κ3) is 4.44. The molecule has 1 aromatic carbocycles. The van der Waals surface area contributed by atoms with Gasteiger partial charge in [-0.2, -0.15) is 13.2 Å². The van der Waals surface area contributed by atoms with Gasteiger partial charge in [-0.1, -0.05) is 11.6 Å². The summed E-state index contributed by atoms with van der Waals surface area (Å²) in [6, 6.07) is 4.43. The summed E-state index contributed by atoms with van der Waals surface area (Å²) >= 11 is 5.72. The Morgan fingerprint density at radius 1 is 1.39 bits per heavy atom. The van der Waals surface area contributed by atoms with Crippen molar-refractivity contribution in [1.29, 1.82) is 0 Å². The maximum Gasteiger partial charge on any atom is 0.405 e. The highest BCUT2D eigenvalue weighted by Gasteiger charge is 2.28. The molecular weight excluding hydrogens is 269 g/mol. The minimum absolute atomic E-state index is 0.0913. The second-order valence-electron chi connectivity index (χ2n) is 3.52. The number of anilines is 1. The van der Waals surface area contributed by atoms with E-state index in [2.05, 4.69) is 5.32 Å². The third-order valence-electron chi connectivity index (χ3n) is 2.04. The van der Waals surface area contributed by atoms with E-state index in [0.29, 0.717) is 12.2 Å². The van der Waals surface area contributed by atoms with Crippen LogP contribution in [0.4, 0.5) is 18.9 Å². The fourth-order valence-corrected chi connectivity index (χ4v) is 1.50. The van der Waals surface area contributed by atoms with Crippen LogP contribution in [-0.4, -0.2) is 25.2 Å². The number of nitrogens with one attached hydrogen (secondary N) is 2. The highest BCUT2D eigenvalue weighted by atomic mass is 35.5. The molecule has 0 fully saturated rings. The molecule has 100 valence electrons. The topological polar surface area (TPSA) is 41.1 Å². The van der Waals surface area contributed by atoms with Crippen LogP contribution >= 0.6 is 11.6 Å². The first-order valence-electron chi connectivity index (χ1n) is 5.22. The fraction of sp³-hybridized carbons (Fsp3) is 0.364. The molecule has 0 aliphatic carbocycles. The number of benzene rings is 1. The van der Waals surface area contributed by atoms with E-state index in [0.717, 1.165) is 0 Å². The molecule has 0 saturated carbocycles. The first-order chi connectivity index (χ1) is 8.33. The molecule has 3 nitrogen and oxygen atoms in total. The molecule has 0 heterocycles. The molecule has 0 bridgehead atoms. The van der Waals surface area contributed by atoms with E-state index >= 15 is 0 Å². The quantitative estimate of drug-likeness (QED) is 0.890. The average molecular weight is 281 g/mol. The molecule has 0 spiro atoms. The minimum atomic E-state index is -4.44. The van der Waals surface area contributed by atoms with E-state index in [1.165, 1.54) is 6.07 Å². The van der Waals surface area contributed by atoms with Crippen molar-refractivity contribution >= 4 is 23.2 Å². The van der Waals surface area contributed by atoms with Crippen molar-refractivity contribution in [3.8, 4) is 0 Å². The summed E-state index contributed by atoms with van der Waals surface area (Å²) in [4.78, 5) is 11.6. The Balaban J connectivity index is 2.86. The molecule has 18 heavy (non-hydrogen) atoms.